The number of nitriles is 1. The molecule has 2 aromatic carbocycles. The van der Waals surface area contributed by atoms with Crippen molar-refractivity contribution in [2.45, 2.75) is 31.8 Å². The molecule has 102 valence electrons. The predicted octanol–water partition coefficient (Wildman–Crippen LogP) is 3.86. The van der Waals surface area contributed by atoms with E-state index in [2.05, 4.69) is 42.6 Å². The van der Waals surface area contributed by atoms with Crippen LogP contribution in [0.25, 0.3) is 0 Å². The summed E-state index contributed by atoms with van der Waals surface area (Å²) in [6, 6.07) is 22.7. The van der Waals surface area contributed by atoms with Crippen LogP contribution in [0.1, 0.15) is 30.5 Å². The van der Waals surface area contributed by atoms with Crippen molar-refractivity contribution in [3.63, 3.8) is 0 Å². The monoisotopic (exact) mass is 264 g/mol. The Kier molecular flexibility index (Phi) is 5.34. The Hall–Kier alpha value is -2.11. The van der Waals surface area contributed by atoms with Crippen LogP contribution in [0.5, 0.6) is 0 Å². The van der Waals surface area contributed by atoms with Gasteiger partial charge in [0.1, 0.15) is 6.04 Å². The molecule has 0 fully saturated rings. The first-order chi connectivity index (χ1) is 9.79. The Morgan fingerprint density at radius 2 is 1.60 bits per heavy atom. The number of aryl methyl sites for hydroxylation is 1. The first kappa shape index (κ1) is 14.3. The first-order valence-electron chi connectivity index (χ1n) is 7.04. The van der Waals surface area contributed by atoms with Crippen LogP contribution in [0.4, 0.5) is 0 Å². The van der Waals surface area contributed by atoms with Crippen LogP contribution >= 0.6 is 0 Å². The molecule has 0 amide bonds. The number of rotatable bonds is 6. The lowest BCUT2D eigenvalue weighted by atomic mass is 10.0. The lowest BCUT2D eigenvalue weighted by Crippen LogP contribution is -2.30. The highest BCUT2D eigenvalue weighted by Gasteiger charge is 2.12. The van der Waals surface area contributed by atoms with Gasteiger partial charge in [-0.1, -0.05) is 60.7 Å². The largest absolute Gasteiger partial charge is 0.296 e. The van der Waals surface area contributed by atoms with Crippen molar-refractivity contribution in [1.29, 1.82) is 5.26 Å². The molecule has 0 aliphatic rings. The molecule has 2 heteroatoms. The lowest BCUT2D eigenvalue weighted by molar-refractivity contribution is 0.485. The zero-order valence-electron chi connectivity index (χ0n) is 11.8. The van der Waals surface area contributed by atoms with E-state index < -0.39 is 0 Å². The van der Waals surface area contributed by atoms with Crippen molar-refractivity contribution in [1.82, 2.24) is 5.32 Å². The molecule has 0 saturated carbocycles. The van der Waals surface area contributed by atoms with Gasteiger partial charge in [0.15, 0.2) is 0 Å². The molecule has 0 bridgehead atoms. The fourth-order valence-corrected chi connectivity index (χ4v) is 2.25. The molecular formula is C18H20N2. The summed E-state index contributed by atoms with van der Waals surface area (Å²) in [6.45, 7) is 2.14. The fourth-order valence-electron chi connectivity index (χ4n) is 2.25. The Morgan fingerprint density at radius 1 is 1.00 bits per heavy atom. The lowest BCUT2D eigenvalue weighted by Gasteiger charge is -2.18. The summed E-state index contributed by atoms with van der Waals surface area (Å²) in [4.78, 5) is 0. The molecule has 0 aliphatic carbocycles. The van der Waals surface area contributed by atoms with Crippen molar-refractivity contribution in [2.75, 3.05) is 0 Å². The maximum atomic E-state index is 9.30. The Balaban J connectivity index is 1.87. The van der Waals surface area contributed by atoms with Gasteiger partial charge >= 0.3 is 0 Å². The Morgan fingerprint density at radius 3 is 2.20 bits per heavy atom. The van der Waals surface area contributed by atoms with Gasteiger partial charge in [-0.2, -0.15) is 5.26 Å². The third kappa shape index (κ3) is 4.22. The minimum atomic E-state index is -0.234. The van der Waals surface area contributed by atoms with Crippen LogP contribution in [0, 0.1) is 11.3 Å². The van der Waals surface area contributed by atoms with Crippen molar-refractivity contribution in [3.05, 3.63) is 71.8 Å². The van der Waals surface area contributed by atoms with Gasteiger partial charge in [0.05, 0.1) is 6.07 Å². The summed E-state index contributed by atoms with van der Waals surface area (Å²) < 4.78 is 0. The summed E-state index contributed by atoms with van der Waals surface area (Å²) >= 11 is 0. The second kappa shape index (κ2) is 7.47. The standard InChI is InChI=1S/C18H20N2/c1-15(12-13-16-8-4-2-5-9-16)20-18(14-19)17-10-6-3-7-11-17/h2-11,15,18,20H,12-13H2,1H3. The zero-order valence-corrected chi connectivity index (χ0v) is 11.8. The fraction of sp³-hybridized carbons (Fsp3) is 0.278. The average Bonchev–Trinajstić information content (AvgIpc) is 2.52. The molecule has 0 spiro atoms. The van der Waals surface area contributed by atoms with E-state index in [1.54, 1.807) is 0 Å². The quantitative estimate of drug-likeness (QED) is 0.860. The van der Waals surface area contributed by atoms with Crippen molar-refractivity contribution >= 4 is 0 Å². The Labute approximate surface area is 121 Å². The molecule has 0 aromatic heterocycles. The van der Waals surface area contributed by atoms with Crippen LogP contribution < -0.4 is 5.32 Å². The molecule has 2 nitrogen and oxygen atoms in total. The highest BCUT2D eigenvalue weighted by atomic mass is 14.9. The zero-order chi connectivity index (χ0) is 14.2. The number of nitrogens with one attached hydrogen (secondary N) is 1. The first-order valence-corrected chi connectivity index (χ1v) is 7.04. The van der Waals surface area contributed by atoms with Crippen LogP contribution in [0.15, 0.2) is 60.7 Å². The minimum Gasteiger partial charge on any atom is -0.296 e. The second-order valence-corrected chi connectivity index (χ2v) is 5.06. The summed E-state index contributed by atoms with van der Waals surface area (Å²) in [5.74, 6) is 0. The smallest absolute Gasteiger partial charge is 0.121 e. The second-order valence-electron chi connectivity index (χ2n) is 5.06. The maximum absolute atomic E-state index is 9.30. The van der Waals surface area contributed by atoms with Crippen molar-refractivity contribution in [2.24, 2.45) is 0 Å². The Bertz CT molecular complexity index is 543. The topological polar surface area (TPSA) is 35.8 Å². The highest BCUT2D eigenvalue weighted by molar-refractivity contribution is 5.24. The summed E-state index contributed by atoms with van der Waals surface area (Å²) in [6.07, 6.45) is 2.05. The third-order valence-corrected chi connectivity index (χ3v) is 3.42. The maximum Gasteiger partial charge on any atom is 0.121 e. The molecule has 2 rings (SSSR count). The van der Waals surface area contributed by atoms with E-state index >= 15 is 0 Å². The highest BCUT2D eigenvalue weighted by Crippen LogP contribution is 2.13. The van der Waals surface area contributed by atoms with E-state index in [9.17, 15) is 5.26 Å². The molecule has 2 aromatic rings. The van der Waals surface area contributed by atoms with Crippen molar-refractivity contribution in [3.8, 4) is 6.07 Å². The van der Waals surface area contributed by atoms with E-state index in [0.717, 1.165) is 18.4 Å². The van der Waals surface area contributed by atoms with E-state index in [-0.39, 0.29) is 6.04 Å². The summed E-state index contributed by atoms with van der Waals surface area (Å²) in [7, 11) is 0. The van der Waals surface area contributed by atoms with Crippen LogP contribution in [0.3, 0.4) is 0 Å². The molecule has 0 saturated heterocycles. The van der Waals surface area contributed by atoms with E-state index in [1.807, 2.05) is 36.4 Å². The molecule has 1 N–H and O–H groups in total. The molecule has 0 heterocycles. The molecule has 2 atom stereocenters. The normalized spacial score (nSPS) is 13.4. The van der Waals surface area contributed by atoms with Gasteiger partial charge in [0, 0.05) is 6.04 Å². The number of hydrogen-bond donors (Lipinski definition) is 1. The van der Waals surface area contributed by atoms with Gasteiger partial charge in [-0.25, -0.2) is 0 Å². The van der Waals surface area contributed by atoms with Gasteiger partial charge in [0.25, 0.3) is 0 Å². The van der Waals surface area contributed by atoms with Crippen LogP contribution in [-0.2, 0) is 6.42 Å². The van der Waals surface area contributed by atoms with Crippen LogP contribution in [-0.4, -0.2) is 6.04 Å². The third-order valence-electron chi connectivity index (χ3n) is 3.42. The number of hydrogen-bond acceptors (Lipinski definition) is 2. The number of nitrogens with zero attached hydrogens (tertiary/aromatic N) is 1. The van der Waals surface area contributed by atoms with E-state index in [0.29, 0.717) is 6.04 Å². The molecular weight excluding hydrogens is 244 g/mol. The molecule has 2 unspecified atom stereocenters. The van der Waals surface area contributed by atoms with Gasteiger partial charge in [-0.15, -0.1) is 0 Å². The van der Waals surface area contributed by atoms with Gasteiger partial charge in [-0.3, -0.25) is 5.32 Å². The molecule has 20 heavy (non-hydrogen) atoms. The van der Waals surface area contributed by atoms with Crippen LogP contribution in [0.2, 0.25) is 0 Å². The average molecular weight is 264 g/mol. The summed E-state index contributed by atoms with van der Waals surface area (Å²) in [5.41, 5.74) is 2.37. The summed E-state index contributed by atoms with van der Waals surface area (Å²) in [5, 5.41) is 12.7. The molecule has 0 aliphatic heterocycles. The van der Waals surface area contributed by atoms with Gasteiger partial charge in [-0.05, 0) is 30.9 Å². The predicted molar refractivity (Wildman–Crippen MR) is 82.2 cm³/mol. The molecule has 0 radical (unpaired) electrons. The van der Waals surface area contributed by atoms with Crippen molar-refractivity contribution < 1.29 is 0 Å². The SMILES string of the molecule is CC(CCc1ccccc1)NC(C#N)c1ccccc1. The minimum absolute atomic E-state index is 0.234. The van der Waals surface area contributed by atoms with Gasteiger partial charge in [0.2, 0.25) is 0 Å². The van der Waals surface area contributed by atoms with E-state index in [1.165, 1.54) is 5.56 Å². The van der Waals surface area contributed by atoms with E-state index in [4.69, 9.17) is 0 Å². The van der Waals surface area contributed by atoms with Gasteiger partial charge < -0.3 is 0 Å². The number of benzene rings is 2.